The Labute approximate surface area is 385 Å². The summed E-state index contributed by atoms with van der Waals surface area (Å²) in [5, 5.41) is 0. The summed E-state index contributed by atoms with van der Waals surface area (Å²) in [7, 11) is 0. The number of carbonyl (C=O) groups excluding carboxylic acids is 3. The first kappa shape index (κ1) is 59.9. The highest BCUT2D eigenvalue weighted by molar-refractivity contribution is 5.71. The molecule has 0 aliphatic heterocycles. The van der Waals surface area contributed by atoms with Crippen LogP contribution in [0.3, 0.4) is 0 Å². The number of hydrogen-bond acceptors (Lipinski definition) is 6. The van der Waals surface area contributed by atoms with Gasteiger partial charge in [0.2, 0.25) is 0 Å². The standard InChI is InChI=1S/C56H104O6/c1-4-7-10-13-16-19-22-25-28-31-34-37-40-43-46-49-55(58)61-52-53(51-60-54(57)48-45-42-39-36-33-30-27-24-21-18-15-12-9-6-3)62-56(59)50-47-44-41-38-35-32-29-26-23-20-17-14-11-8-5-2/h16,19,25,28,53H,4-15,17-18,20-24,26-27,29-52H2,1-3H3/b19-16-,28-25-/t53-/m1/s1. The van der Waals surface area contributed by atoms with Crippen molar-refractivity contribution in [2.24, 2.45) is 0 Å². The molecule has 62 heavy (non-hydrogen) atoms. The number of carbonyl (C=O) groups is 3. The lowest BCUT2D eigenvalue weighted by Crippen LogP contribution is -2.30. The lowest BCUT2D eigenvalue weighted by atomic mass is 10.0. The molecular formula is C56H104O6. The average molecular weight is 873 g/mol. The Kier molecular flexibility index (Phi) is 49.8. The molecule has 0 aromatic heterocycles. The molecule has 0 aromatic carbocycles. The predicted octanol–water partition coefficient (Wildman–Crippen LogP) is 17.9. The van der Waals surface area contributed by atoms with Crippen molar-refractivity contribution in [3.8, 4) is 0 Å². The molecule has 0 bridgehead atoms. The van der Waals surface area contributed by atoms with Gasteiger partial charge in [0.05, 0.1) is 0 Å². The van der Waals surface area contributed by atoms with Crippen LogP contribution in [0.4, 0.5) is 0 Å². The molecule has 0 heterocycles. The SMILES string of the molecule is CCCCC/C=C\C/C=C\CCCCCCCC(=O)OC[C@@H](COC(=O)CCCCCCCCCCCCCCCC)OC(=O)CCCCCCCCCCCCCCCCC. The fourth-order valence-corrected chi connectivity index (χ4v) is 8.06. The fourth-order valence-electron chi connectivity index (χ4n) is 8.06. The molecule has 0 aliphatic carbocycles. The predicted molar refractivity (Wildman–Crippen MR) is 266 cm³/mol. The van der Waals surface area contributed by atoms with Crippen LogP contribution in [0.2, 0.25) is 0 Å². The van der Waals surface area contributed by atoms with Crippen LogP contribution in [0.25, 0.3) is 0 Å². The number of esters is 3. The van der Waals surface area contributed by atoms with Crippen LogP contribution in [-0.2, 0) is 28.6 Å². The minimum atomic E-state index is -0.771. The summed E-state index contributed by atoms with van der Waals surface area (Å²) in [4.78, 5) is 38.0. The van der Waals surface area contributed by atoms with Crippen molar-refractivity contribution in [2.45, 2.75) is 303 Å². The van der Waals surface area contributed by atoms with Crippen molar-refractivity contribution in [1.82, 2.24) is 0 Å². The third kappa shape index (κ3) is 48.9. The van der Waals surface area contributed by atoms with Crippen LogP contribution < -0.4 is 0 Å². The van der Waals surface area contributed by atoms with Crippen LogP contribution in [0.1, 0.15) is 297 Å². The van der Waals surface area contributed by atoms with Crippen molar-refractivity contribution < 1.29 is 28.6 Å². The Bertz CT molecular complexity index is 1000. The van der Waals surface area contributed by atoms with E-state index in [-0.39, 0.29) is 31.1 Å². The summed E-state index contributed by atoms with van der Waals surface area (Å²) in [6.07, 6.45) is 58.7. The smallest absolute Gasteiger partial charge is 0.306 e. The van der Waals surface area contributed by atoms with Crippen LogP contribution >= 0.6 is 0 Å². The van der Waals surface area contributed by atoms with Gasteiger partial charge in [-0.2, -0.15) is 0 Å². The quantitative estimate of drug-likeness (QED) is 0.0262. The van der Waals surface area contributed by atoms with Gasteiger partial charge in [0.25, 0.3) is 0 Å². The fraction of sp³-hybridized carbons (Fsp3) is 0.875. The van der Waals surface area contributed by atoms with E-state index in [1.54, 1.807) is 0 Å². The topological polar surface area (TPSA) is 78.9 Å². The van der Waals surface area contributed by atoms with E-state index < -0.39 is 6.10 Å². The molecule has 6 heteroatoms. The maximum absolute atomic E-state index is 12.8. The number of rotatable bonds is 50. The Morgan fingerprint density at radius 2 is 0.581 bits per heavy atom. The zero-order valence-corrected chi connectivity index (χ0v) is 41.7. The lowest BCUT2D eigenvalue weighted by Gasteiger charge is -2.18. The Morgan fingerprint density at radius 3 is 0.919 bits per heavy atom. The molecule has 1 atom stereocenters. The molecule has 0 spiro atoms. The van der Waals surface area contributed by atoms with Crippen LogP contribution in [0, 0.1) is 0 Å². The second-order valence-electron chi connectivity index (χ2n) is 18.5. The minimum Gasteiger partial charge on any atom is -0.462 e. The zero-order chi connectivity index (χ0) is 45.1. The molecule has 0 rings (SSSR count). The normalized spacial score (nSPS) is 12.1. The first-order valence-electron chi connectivity index (χ1n) is 27.3. The van der Waals surface area contributed by atoms with Crippen LogP contribution in [0.15, 0.2) is 24.3 Å². The van der Waals surface area contributed by atoms with Crippen LogP contribution in [0.5, 0.6) is 0 Å². The van der Waals surface area contributed by atoms with Gasteiger partial charge in [-0.15, -0.1) is 0 Å². The monoisotopic (exact) mass is 873 g/mol. The van der Waals surface area contributed by atoms with Crippen LogP contribution in [-0.4, -0.2) is 37.2 Å². The van der Waals surface area contributed by atoms with E-state index >= 15 is 0 Å². The number of hydrogen-bond donors (Lipinski definition) is 0. The molecule has 0 amide bonds. The second-order valence-corrected chi connectivity index (χ2v) is 18.5. The average Bonchev–Trinajstić information content (AvgIpc) is 3.27. The third-order valence-electron chi connectivity index (χ3n) is 12.2. The molecule has 0 aromatic rings. The van der Waals surface area contributed by atoms with E-state index in [2.05, 4.69) is 45.1 Å². The minimum absolute atomic E-state index is 0.0704. The van der Waals surface area contributed by atoms with Crippen molar-refractivity contribution in [2.75, 3.05) is 13.2 Å². The van der Waals surface area contributed by atoms with Gasteiger partial charge in [0.15, 0.2) is 6.10 Å². The molecule has 0 N–H and O–H groups in total. The first-order chi connectivity index (χ1) is 30.5. The van der Waals surface area contributed by atoms with Gasteiger partial charge in [-0.25, -0.2) is 0 Å². The summed E-state index contributed by atoms with van der Waals surface area (Å²) < 4.78 is 16.8. The van der Waals surface area contributed by atoms with E-state index in [9.17, 15) is 14.4 Å². The van der Waals surface area contributed by atoms with Gasteiger partial charge < -0.3 is 14.2 Å². The summed E-state index contributed by atoms with van der Waals surface area (Å²) in [6, 6.07) is 0. The lowest BCUT2D eigenvalue weighted by molar-refractivity contribution is -0.167. The van der Waals surface area contributed by atoms with E-state index in [0.717, 1.165) is 77.0 Å². The number of ether oxygens (including phenoxy) is 3. The van der Waals surface area contributed by atoms with E-state index in [1.165, 1.54) is 180 Å². The summed E-state index contributed by atoms with van der Waals surface area (Å²) in [6.45, 7) is 6.64. The van der Waals surface area contributed by atoms with Gasteiger partial charge in [-0.1, -0.05) is 251 Å². The molecule has 0 unspecified atom stereocenters. The highest BCUT2D eigenvalue weighted by atomic mass is 16.6. The molecule has 0 saturated carbocycles. The van der Waals surface area contributed by atoms with Gasteiger partial charge in [0, 0.05) is 19.3 Å². The van der Waals surface area contributed by atoms with Crippen molar-refractivity contribution >= 4 is 17.9 Å². The molecule has 0 saturated heterocycles. The molecule has 6 nitrogen and oxygen atoms in total. The van der Waals surface area contributed by atoms with Gasteiger partial charge in [0.1, 0.15) is 13.2 Å². The molecular weight excluding hydrogens is 769 g/mol. The summed E-state index contributed by atoms with van der Waals surface area (Å²) >= 11 is 0. The third-order valence-corrected chi connectivity index (χ3v) is 12.2. The van der Waals surface area contributed by atoms with Gasteiger partial charge >= 0.3 is 17.9 Å². The molecule has 0 aliphatic rings. The Morgan fingerprint density at radius 1 is 0.323 bits per heavy atom. The maximum atomic E-state index is 12.8. The highest BCUT2D eigenvalue weighted by Crippen LogP contribution is 2.16. The maximum Gasteiger partial charge on any atom is 0.306 e. The number of allylic oxidation sites excluding steroid dienone is 4. The van der Waals surface area contributed by atoms with E-state index in [1.807, 2.05) is 0 Å². The van der Waals surface area contributed by atoms with Gasteiger partial charge in [-0.3, -0.25) is 14.4 Å². The van der Waals surface area contributed by atoms with E-state index in [0.29, 0.717) is 19.3 Å². The summed E-state index contributed by atoms with van der Waals surface area (Å²) in [5.41, 5.74) is 0. The molecule has 0 radical (unpaired) electrons. The van der Waals surface area contributed by atoms with Crippen molar-refractivity contribution in [1.29, 1.82) is 0 Å². The Hall–Kier alpha value is -2.11. The second kappa shape index (κ2) is 51.5. The Balaban J connectivity index is 4.35. The molecule has 364 valence electrons. The largest absolute Gasteiger partial charge is 0.462 e. The van der Waals surface area contributed by atoms with Gasteiger partial charge in [-0.05, 0) is 51.4 Å². The van der Waals surface area contributed by atoms with Crippen molar-refractivity contribution in [3.05, 3.63) is 24.3 Å². The van der Waals surface area contributed by atoms with Crippen molar-refractivity contribution in [3.63, 3.8) is 0 Å². The summed E-state index contributed by atoms with van der Waals surface area (Å²) in [5.74, 6) is -0.866. The van der Waals surface area contributed by atoms with E-state index in [4.69, 9.17) is 14.2 Å². The number of unbranched alkanes of at least 4 members (excludes halogenated alkanes) is 35. The zero-order valence-electron chi connectivity index (χ0n) is 41.7. The highest BCUT2D eigenvalue weighted by Gasteiger charge is 2.19. The first-order valence-corrected chi connectivity index (χ1v) is 27.3. The molecule has 0 fully saturated rings.